The van der Waals surface area contributed by atoms with Gasteiger partial charge in [-0.15, -0.1) is 0 Å². The molecule has 0 heterocycles. The fourth-order valence-corrected chi connectivity index (χ4v) is 1.32. The minimum Gasteiger partial charge on any atom is -0.388 e. The van der Waals surface area contributed by atoms with Crippen LogP contribution in [0.25, 0.3) is 0 Å². The summed E-state index contributed by atoms with van der Waals surface area (Å²) in [5.41, 5.74) is -1.57. The summed E-state index contributed by atoms with van der Waals surface area (Å²) in [6.07, 6.45) is 0.423. The van der Waals surface area contributed by atoms with E-state index < -0.39 is 17.1 Å². The molecule has 6 heteroatoms. The molecule has 6 nitrogen and oxygen atoms in total. The molecule has 0 aliphatic heterocycles. The first-order valence-electron chi connectivity index (χ1n) is 6.79. The molecule has 0 bridgehead atoms. The van der Waals surface area contributed by atoms with Gasteiger partial charge in [-0.1, -0.05) is 20.8 Å². The first kappa shape index (κ1) is 18.9. The lowest BCUT2D eigenvalue weighted by atomic mass is 9.95. The number of methoxy groups -OCH3 is 1. The summed E-state index contributed by atoms with van der Waals surface area (Å²) in [6.45, 7) is 9.12. The molecule has 3 N–H and O–H groups in total. The Morgan fingerprint density at radius 1 is 1.25 bits per heavy atom. The lowest BCUT2D eigenvalue weighted by molar-refractivity contribution is -0.133. The number of carbonyl (C=O) groups is 2. The topological polar surface area (TPSA) is 87.7 Å². The van der Waals surface area contributed by atoms with Gasteiger partial charge in [-0.3, -0.25) is 9.59 Å². The molecule has 0 aliphatic rings. The van der Waals surface area contributed by atoms with Crippen molar-refractivity contribution in [1.29, 1.82) is 0 Å². The highest BCUT2D eigenvalue weighted by Gasteiger charge is 2.26. The zero-order valence-corrected chi connectivity index (χ0v) is 13.4. The van der Waals surface area contributed by atoms with Gasteiger partial charge in [0.1, 0.15) is 6.04 Å². The molecule has 0 aliphatic carbocycles. The molecular weight excluding hydrogens is 260 g/mol. The standard InChI is InChI=1S/C14H28N2O4/c1-10(16-12(18)13(2,3)4)11(17)15-9-14(5,19)7-8-20-6/h10,19H,7-9H2,1-6H3,(H,15,17)(H,16,18). The maximum Gasteiger partial charge on any atom is 0.242 e. The number of hydrogen-bond acceptors (Lipinski definition) is 4. The second-order valence-corrected chi connectivity index (χ2v) is 6.40. The smallest absolute Gasteiger partial charge is 0.242 e. The SMILES string of the molecule is COCCC(C)(O)CNC(=O)C(C)NC(=O)C(C)(C)C. The summed E-state index contributed by atoms with van der Waals surface area (Å²) >= 11 is 0. The van der Waals surface area contributed by atoms with E-state index in [9.17, 15) is 14.7 Å². The van der Waals surface area contributed by atoms with Crippen molar-refractivity contribution in [2.45, 2.75) is 52.7 Å². The molecule has 0 aromatic heterocycles. The molecule has 0 fully saturated rings. The molecule has 0 saturated carbocycles. The van der Waals surface area contributed by atoms with E-state index in [2.05, 4.69) is 10.6 Å². The second-order valence-electron chi connectivity index (χ2n) is 6.40. The maximum atomic E-state index is 11.9. The molecule has 2 unspecified atom stereocenters. The van der Waals surface area contributed by atoms with Crippen molar-refractivity contribution in [3.05, 3.63) is 0 Å². The van der Waals surface area contributed by atoms with Crippen LogP contribution in [0.3, 0.4) is 0 Å². The van der Waals surface area contributed by atoms with Crippen LogP contribution in [0.5, 0.6) is 0 Å². The monoisotopic (exact) mass is 288 g/mol. The van der Waals surface area contributed by atoms with Gasteiger partial charge in [-0.2, -0.15) is 0 Å². The van der Waals surface area contributed by atoms with Crippen LogP contribution in [0.1, 0.15) is 41.0 Å². The maximum absolute atomic E-state index is 11.9. The predicted molar refractivity (Wildman–Crippen MR) is 77.2 cm³/mol. The van der Waals surface area contributed by atoms with Crippen molar-refractivity contribution < 1.29 is 19.4 Å². The molecule has 0 rings (SSSR count). The molecule has 20 heavy (non-hydrogen) atoms. The summed E-state index contributed by atoms with van der Waals surface area (Å²) in [4.78, 5) is 23.6. The van der Waals surface area contributed by atoms with E-state index in [-0.39, 0.29) is 18.4 Å². The zero-order chi connectivity index (χ0) is 16.0. The van der Waals surface area contributed by atoms with E-state index in [0.29, 0.717) is 13.0 Å². The molecule has 0 spiro atoms. The molecule has 2 atom stereocenters. The molecule has 0 aromatic carbocycles. The molecule has 0 aromatic rings. The number of rotatable bonds is 7. The first-order chi connectivity index (χ1) is 8.99. The summed E-state index contributed by atoms with van der Waals surface area (Å²) < 4.78 is 4.89. The average Bonchev–Trinajstić information content (AvgIpc) is 2.32. The highest BCUT2D eigenvalue weighted by Crippen LogP contribution is 2.13. The Morgan fingerprint density at radius 3 is 2.25 bits per heavy atom. The molecule has 118 valence electrons. The predicted octanol–water partition coefficient (Wildman–Crippen LogP) is 0.441. The third kappa shape index (κ3) is 7.45. The Balaban J connectivity index is 4.24. The van der Waals surface area contributed by atoms with E-state index in [1.165, 1.54) is 0 Å². The first-order valence-corrected chi connectivity index (χ1v) is 6.79. The summed E-state index contributed by atoms with van der Waals surface area (Å²) in [7, 11) is 1.55. The molecule has 0 radical (unpaired) electrons. The van der Waals surface area contributed by atoms with Crippen LogP contribution in [-0.4, -0.2) is 48.8 Å². The van der Waals surface area contributed by atoms with Gasteiger partial charge in [0.15, 0.2) is 0 Å². The van der Waals surface area contributed by atoms with Gasteiger partial charge in [-0.05, 0) is 13.8 Å². The number of amides is 2. The van der Waals surface area contributed by atoms with Crippen LogP contribution in [0.15, 0.2) is 0 Å². The van der Waals surface area contributed by atoms with Crippen molar-refractivity contribution in [3.63, 3.8) is 0 Å². The third-order valence-electron chi connectivity index (χ3n) is 2.91. The highest BCUT2D eigenvalue weighted by molar-refractivity contribution is 5.89. The van der Waals surface area contributed by atoms with E-state index in [1.54, 1.807) is 41.7 Å². The van der Waals surface area contributed by atoms with Gasteiger partial charge in [0.2, 0.25) is 11.8 Å². The van der Waals surface area contributed by atoms with Crippen molar-refractivity contribution in [2.75, 3.05) is 20.3 Å². The largest absolute Gasteiger partial charge is 0.388 e. The van der Waals surface area contributed by atoms with Crippen LogP contribution in [0.4, 0.5) is 0 Å². The van der Waals surface area contributed by atoms with Gasteiger partial charge >= 0.3 is 0 Å². The van der Waals surface area contributed by atoms with Gasteiger partial charge in [0.25, 0.3) is 0 Å². The van der Waals surface area contributed by atoms with E-state index >= 15 is 0 Å². The van der Waals surface area contributed by atoms with Crippen molar-refractivity contribution in [1.82, 2.24) is 10.6 Å². The van der Waals surface area contributed by atoms with Gasteiger partial charge in [0.05, 0.1) is 5.60 Å². The van der Waals surface area contributed by atoms with Crippen LogP contribution in [0.2, 0.25) is 0 Å². The minimum atomic E-state index is -1.03. The summed E-state index contributed by atoms with van der Waals surface area (Å²) in [5, 5.41) is 15.3. The van der Waals surface area contributed by atoms with Gasteiger partial charge in [-0.25, -0.2) is 0 Å². The van der Waals surface area contributed by atoms with E-state index in [4.69, 9.17) is 4.74 Å². The number of aliphatic hydroxyl groups is 1. The Labute approximate surface area is 121 Å². The normalized spacial score (nSPS) is 16.1. The lowest BCUT2D eigenvalue weighted by Gasteiger charge is -2.25. The average molecular weight is 288 g/mol. The van der Waals surface area contributed by atoms with E-state index in [1.807, 2.05) is 0 Å². The van der Waals surface area contributed by atoms with Crippen LogP contribution in [-0.2, 0) is 14.3 Å². The highest BCUT2D eigenvalue weighted by atomic mass is 16.5. The van der Waals surface area contributed by atoms with Crippen molar-refractivity contribution in [2.24, 2.45) is 5.41 Å². The number of hydrogen-bond donors (Lipinski definition) is 3. The summed E-state index contributed by atoms with van der Waals surface area (Å²) in [5.74, 6) is -0.508. The lowest BCUT2D eigenvalue weighted by Crippen LogP contribution is -2.51. The quantitative estimate of drug-likeness (QED) is 0.634. The van der Waals surface area contributed by atoms with Gasteiger partial charge in [0, 0.05) is 32.1 Å². The van der Waals surface area contributed by atoms with Crippen molar-refractivity contribution in [3.8, 4) is 0 Å². The van der Waals surface area contributed by atoms with Gasteiger partial charge < -0.3 is 20.5 Å². The fourth-order valence-electron chi connectivity index (χ4n) is 1.32. The molecule has 2 amide bonds. The fraction of sp³-hybridized carbons (Fsp3) is 0.857. The Hall–Kier alpha value is -1.14. The number of nitrogens with one attached hydrogen (secondary N) is 2. The Bertz CT molecular complexity index is 335. The van der Waals surface area contributed by atoms with Crippen LogP contribution in [0, 0.1) is 5.41 Å². The number of carbonyl (C=O) groups excluding carboxylic acids is 2. The second kappa shape index (κ2) is 7.59. The molecule has 0 saturated heterocycles. The Morgan fingerprint density at radius 2 is 1.80 bits per heavy atom. The van der Waals surface area contributed by atoms with Crippen molar-refractivity contribution >= 4 is 11.8 Å². The van der Waals surface area contributed by atoms with E-state index in [0.717, 1.165) is 0 Å². The minimum absolute atomic E-state index is 0.116. The van der Waals surface area contributed by atoms with Crippen LogP contribution >= 0.6 is 0 Å². The number of ether oxygens (including phenoxy) is 1. The Kier molecular flexibility index (Phi) is 7.16. The summed E-state index contributed by atoms with van der Waals surface area (Å²) in [6, 6.07) is -0.639. The molecular formula is C14H28N2O4. The van der Waals surface area contributed by atoms with Crippen LogP contribution < -0.4 is 10.6 Å². The zero-order valence-electron chi connectivity index (χ0n) is 13.4. The third-order valence-corrected chi connectivity index (χ3v) is 2.91.